The molecule has 4 N–H and O–H groups in total. The third-order valence-corrected chi connectivity index (χ3v) is 3.09. The summed E-state index contributed by atoms with van der Waals surface area (Å²) in [6, 6.07) is 5.65. The summed E-state index contributed by atoms with van der Waals surface area (Å²) in [5, 5.41) is 0. The number of benzene rings is 1. The Morgan fingerprint density at radius 2 is 2.06 bits per heavy atom. The van der Waals surface area contributed by atoms with Crippen molar-refractivity contribution in [1.82, 2.24) is 0 Å². The maximum Gasteiger partial charge on any atom is 0.248 e. The molecule has 0 aliphatic heterocycles. The van der Waals surface area contributed by atoms with Gasteiger partial charge in [-0.05, 0) is 38.5 Å². The number of carbonyl (C=O) groups is 1. The number of primary amides is 1. The van der Waals surface area contributed by atoms with Gasteiger partial charge in [0.05, 0.1) is 11.4 Å². The lowest BCUT2D eigenvalue weighted by molar-refractivity contribution is 0.100. The molecule has 0 fully saturated rings. The molecule has 1 unspecified atom stereocenters. The first kappa shape index (κ1) is 13.4. The Balaban J connectivity index is 3.09. The molecule has 0 aliphatic rings. The van der Waals surface area contributed by atoms with E-state index in [9.17, 15) is 4.79 Å². The summed E-state index contributed by atoms with van der Waals surface area (Å²) in [5.41, 5.74) is 13.2. The lowest BCUT2D eigenvalue weighted by atomic mass is 10.1. The molecule has 17 heavy (non-hydrogen) atoms. The van der Waals surface area contributed by atoms with Crippen molar-refractivity contribution in [3.63, 3.8) is 0 Å². The second-order valence-corrected chi connectivity index (χ2v) is 4.18. The highest BCUT2D eigenvalue weighted by atomic mass is 16.1. The summed E-state index contributed by atoms with van der Waals surface area (Å²) in [4.78, 5) is 13.3. The maximum absolute atomic E-state index is 11.0. The highest BCUT2D eigenvalue weighted by Gasteiger charge is 2.14. The summed E-state index contributed by atoms with van der Waals surface area (Å²) in [6.07, 6.45) is 1.05. The van der Waals surface area contributed by atoms with Gasteiger partial charge in [-0.3, -0.25) is 4.79 Å². The van der Waals surface area contributed by atoms with Crippen LogP contribution < -0.4 is 16.4 Å². The molecule has 0 aliphatic carbocycles. The van der Waals surface area contributed by atoms with Gasteiger partial charge in [-0.2, -0.15) is 0 Å². The fourth-order valence-electron chi connectivity index (χ4n) is 1.91. The first-order valence-corrected chi connectivity index (χ1v) is 5.97. The standard InChI is InChI=1S/C13H21N3O/c1-4-9(3)16(5-2)12-7-6-10(13(15)17)8-11(12)14/h6-9H,4-5,14H2,1-3H3,(H2,15,17). The van der Waals surface area contributed by atoms with Crippen LogP contribution in [0.25, 0.3) is 0 Å². The molecule has 4 nitrogen and oxygen atoms in total. The average molecular weight is 235 g/mol. The number of anilines is 2. The number of rotatable bonds is 5. The Morgan fingerprint density at radius 3 is 2.47 bits per heavy atom. The van der Waals surface area contributed by atoms with Crippen LogP contribution in [0.15, 0.2) is 18.2 Å². The second-order valence-electron chi connectivity index (χ2n) is 4.18. The molecule has 1 atom stereocenters. The van der Waals surface area contributed by atoms with Crippen LogP contribution in [0, 0.1) is 0 Å². The van der Waals surface area contributed by atoms with E-state index in [1.165, 1.54) is 0 Å². The minimum absolute atomic E-state index is 0.418. The fraction of sp³-hybridized carbons (Fsp3) is 0.462. The zero-order valence-electron chi connectivity index (χ0n) is 10.7. The molecule has 0 spiro atoms. The first-order valence-electron chi connectivity index (χ1n) is 5.97. The minimum Gasteiger partial charge on any atom is -0.397 e. The molecular weight excluding hydrogens is 214 g/mol. The first-order chi connectivity index (χ1) is 8.01. The third kappa shape index (κ3) is 2.90. The summed E-state index contributed by atoms with van der Waals surface area (Å²) >= 11 is 0. The van der Waals surface area contributed by atoms with Gasteiger partial charge in [-0.25, -0.2) is 0 Å². The van der Waals surface area contributed by atoms with Crippen LogP contribution >= 0.6 is 0 Å². The lowest BCUT2D eigenvalue weighted by Gasteiger charge is -2.30. The largest absolute Gasteiger partial charge is 0.397 e. The predicted molar refractivity (Wildman–Crippen MR) is 72.1 cm³/mol. The van der Waals surface area contributed by atoms with Gasteiger partial charge in [0.2, 0.25) is 5.91 Å². The van der Waals surface area contributed by atoms with Crippen molar-refractivity contribution in [3.8, 4) is 0 Å². The van der Waals surface area contributed by atoms with E-state index in [0.29, 0.717) is 17.3 Å². The van der Waals surface area contributed by atoms with Crippen LogP contribution in [0.1, 0.15) is 37.6 Å². The number of carbonyl (C=O) groups excluding carboxylic acids is 1. The molecule has 0 saturated carbocycles. The van der Waals surface area contributed by atoms with E-state index in [-0.39, 0.29) is 0 Å². The van der Waals surface area contributed by atoms with Crippen molar-refractivity contribution in [2.24, 2.45) is 5.73 Å². The molecule has 4 heteroatoms. The number of hydrogen-bond donors (Lipinski definition) is 2. The number of nitrogen functional groups attached to an aromatic ring is 1. The van der Waals surface area contributed by atoms with Crippen molar-refractivity contribution >= 4 is 17.3 Å². The van der Waals surface area contributed by atoms with Crippen LogP contribution in [-0.2, 0) is 0 Å². The normalized spacial score (nSPS) is 12.2. The Morgan fingerprint density at radius 1 is 1.41 bits per heavy atom. The smallest absolute Gasteiger partial charge is 0.248 e. The quantitative estimate of drug-likeness (QED) is 0.767. The summed E-state index contributed by atoms with van der Waals surface area (Å²) in [5.74, 6) is -0.449. The molecule has 0 saturated heterocycles. The fourth-order valence-corrected chi connectivity index (χ4v) is 1.91. The highest BCUT2D eigenvalue weighted by Crippen LogP contribution is 2.26. The molecule has 1 amide bonds. The molecule has 1 aromatic carbocycles. The zero-order valence-corrected chi connectivity index (χ0v) is 10.7. The van der Waals surface area contributed by atoms with Crippen LogP contribution in [0.5, 0.6) is 0 Å². The van der Waals surface area contributed by atoms with E-state index < -0.39 is 5.91 Å². The summed E-state index contributed by atoms with van der Waals surface area (Å²) in [6.45, 7) is 7.27. The van der Waals surface area contributed by atoms with Crippen molar-refractivity contribution in [1.29, 1.82) is 0 Å². The van der Waals surface area contributed by atoms with Crippen molar-refractivity contribution < 1.29 is 4.79 Å². The molecule has 0 radical (unpaired) electrons. The predicted octanol–water partition coefficient (Wildman–Crippen LogP) is 1.99. The maximum atomic E-state index is 11.0. The van der Waals surface area contributed by atoms with E-state index in [2.05, 4.69) is 25.7 Å². The Hall–Kier alpha value is -1.71. The van der Waals surface area contributed by atoms with Gasteiger partial charge in [0, 0.05) is 18.2 Å². The van der Waals surface area contributed by atoms with Gasteiger partial charge in [0.25, 0.3) is 0 Å². The van der Waals surface area contributed by atoms with E-state index >= 15 is 0 Å². The van der Waals surface area contributed by atoms with E-state index in [1.807, 2.05) is 6.07 Å². The minimum atomic E-state index is -0.449. The van der Waals surface area contributed by atoms with E-state index in [0.717, 1.165) is 18.7 Å². The summed E-state index contributed by atoms with van der Waals surface area (Å²) in [7, 11) is 0. The van der Waals surface area contributed by atoms with Gasteiger partial charge >= 0.3 is 0 Å². The average Bonchev–Trinajstić information content (AvgIpc) is 2.31. The second kappa shape index (κ2) is 5.57. The topological polar surface area (TPSA) is 72.3 Å². The lowest BCUT2D eigenvalue weighted by Crippen LogP contribution is -2.33. The van der Waals surface area contributed by atoms with Crippen molar-refractivity contribution in [2.45, 2.75) is 33.2 Å². The SMILES string of the molecule is CCC(C)N(CC)c1ccc(C(N)=O)cc1N. The van der Waals surface area contributed by atoms with Gasteiger partial charge in [-0.15, -0.1) is 0 Å². The highest BCUT2D eigenvalue weighted by molar-refractivity contribution is 5.94. The van der Waals surface area contributed by atoms with Gasteiger partial charge in [0.15, 0.2) is 0 Å². The van der Waals surface area contributed by atoms with Crippen LogP contribution in [0.2, 0.25) is 0 Å². The summed E-state index contributed by atoms with van der Waals surface area (Å²) < 4.78 is 0. The third-order valence-electron chi connectivity index (χ3n) is 3.09. The number of amides is 1. The van der Waals surface area contributed by atoms with Gasteiger partial charge < -0.3 is 16.4 Å². The van der Waals surface area contributed by atoms with Crippen LogP contribution in [-0.4, -0.2) is 18.5 Å². The van der Waals surface area contributed by atoms with E-state index in [4.69, 9.17) is 11.5 Å². The number of hydrogen-bond acceptors (Lipinski definition) is 3. The molecule has 0 aromatic heterocycles. The Labute approximate surface area is 103 Å². The van der Waals surface area contributed by atoms with Gasteiger partial charge in [0.1, 0.15) is 0 Å². The van der Waals surface area contributed by atoms with Crippen LogP contribution in [0.4, 0.5) is 11.4 Å². The van der Waals surface area contributed by atoms with Crippen LogP contribution in [0.3, 0.4) is 0 Å². The Kier molecular flexibility index (Phi) is 4.37. The zero-order chi connectivity index (χ0) is 13.0. The van der Waals surface area contributed by atoms with Crippen molar-refractivity contribution in [2.75, 3.05) is 17.2 Å². The molecule has 1 rings (SSSR count). The van der Waals surface area contributed by atoms with Crippen molar-refractivity contribution in [3.05, 3.63) is 23.8 Å². The molecule has 94 valence electrons. The monoisotopic (exact) mass is 235 g/mol. The molecule has 1 aromatic rings. The Bertz CT molecular complexity index is 404. The van der Waals surface area contributed by atoms with E-state index in [1.54, 1.807) is 12.1 Å². The number of nitrogens with two attached hydrogens (primary N) is 2. The molecular formula is C13H21N3O. The van der Waals surface area contributed by atoms with Gasteiger partial charge in [-0.1, -0.05) is 6.92 Å². The molecule has 0 heterocycles. The molecule has 0 bridgehead atoms. The number of nitrogens with zero attached hydrogens (tertiary/aromatic N) is 1.